The molecule has 0 aliphatic carbocycles. The molecule has 0 bridgehead atoms. The Morgan fingerprint density at radius 3 is 2.64 bits per heavy atom. The normalized spacial score (nSPS) is 14.4. The van der Waals surface area contributed by atoms with Crippen molar-refractivity contribution in [3.05, 3.63) is 82.8 Å². The highest BCUT2D eigenvalue weighted by molar-refractivity contribution is 7.07. The van der Waals surface area contributed by atoms with Crippen LogP contribution in [0.15, 0.2) is 65.9 Å². The number of aryl methyl sites for hydroxylation is 1. The number of benzene rings is 1. The molecule has 0 atom stereocenters. The van der Waals surface area contributed by atoms with Crippen LogP contribution in [0.25, 0.3) is 22.5 Å². The number of thiazole rings is 1. The maximum atomic E-state index is 12.7. The van der Waals surface area contributed by atoms with Crippen LogP contribution >= 0.6 is 11.3 Å². The van der Waals surface area contributed by atoms with E-state index in [-0.39, 0.29) is 11.8 Å². The van der Waals surface area contributed by atoms with Crippen LogP contribution in [0.5, 0.6) is 0 Å². The molecule has 0 unspecified atom stereocenters. The molecule has 0 N–H and O–H groups in total. The van der Waals surface area contributed by atoms with E-state index < -0.39 is 0 Å². The van der Waals surface area contributed by atoms with E-state index in [1.165, 1.54) is 16.9 Å². The largest absolute Gasteiger partial charge is 0.342 e. The Morgan fingerprint density at radius 2 is 1.91 bits per heavy atom. The summed E-state index contributed by atoms with van der Waals surface area (Å²) in [5, 5.41) is 1.94. The topological polar surface area (TPSA) is 71.9 Å². The van der Waals surface area contributed by atoms with Gasteiger partial charge in [0, 0.05) is 54.1 Å². The molecule has 33 heavy (non-hydrogen) atoms. The van der Waals surface area contributed by atoms with Gasteiger partial charge in [0.2, 0.25) is 5.91 Å². The fourth-order valence-electron chi connectivity index (χ4n) is 4.42. The van der Waals surface area contributed by atoms with Crippen LogP contribution in [0.2, 0.25) is 0 Å². The first-order valence-electron chi connectivity index (χ1n) is 11.2. The average molecular weight is 456 g/mol. The number of nitrogens with zero attached hydrogens (tertiary/aromatic N) is 5. The van der Waals surface area contributed by atoms with E-state index >= 15 is 0 Å². The van der Waals surface area contributed by atoms with Crippen LogP contribution in [0.4, 0.5) is 0 Å². The van der Waals surface area contributed by atoms with Crippen molar-refractivity contribution in [3.8, 4) is 22.5 Å². The van der Waals surface area contributed by atoms with E-state index in [0.717, 1.165) is 54.0 Å². The summed E-state index contributed by atoms with van der Waals surface area (Å²) in [4.78, 5) is 32.9. The van der Waals surface area contributed by atoms with E-state index in [2.05, 4.69) is 46.1 Å². The lowest BCUT2D eigenvalue weighted by Crippen LogP contribution is -2.39. The summed E-state index contributed by atoms with van der Waals surface area (Å²) in [7, 11) is 0. The van der Waals surface area contributed by atoms with Gasteiger partial charge >= 0.3 is 0 Å². The van der Waals surface area contributed by atoms with Crippen LogP contribution in [0.1, 0.15) is 35.7 Å². The lowest BCUT2D eigenvalue weighted by Gasteiger charge is -2.32. The van der Waals surface area contributed by atoms with Gasteiger partial charge in [-0.2, -0.15) is 0 Å². The smallest absolute Gasteiger partial charge is 0.228 e. The summed E-state index contributed by atoms with van der Waals surface area (Å²) in [5.74, 6) is 1.11. The standard InChI is InChI=1S/C26H25N5OS/c1-18-5-2-3-7-22(18)23-15-28-26(20-6-4-10-27-14-20)30-25(23)19-8-11-31(12-9-19)24(32)13-21-16-33-17-29-21/h2-7,10,14-17,19H,8-9,11-13H2,1H3. The number of hydrogen-bond acceptors (Lipinski definition) is 6. The monoisotopic (exact) mass is 455 g/mol. The van der Waals surface area contributed by atoms with E-state index in [9.17, 15) is 4.79 Å². The van der Waals surface area contributed by atoms with Gasteiger partial charge in [-0.25, -0.2) is 15.0 Å². The SMILES string of the molecule is Cc1ccccc1-c1cnc(-c2cccnc2)nc1C1CCN(C(=O)Cc2cscn2)CC1. The lowest BCUT2D eigenvalue weighted by molar-refractivity contribution is -0.131. The van der Waals surface area contributed by atoms with Gasteiger partial charge in [0.15, 0.2) is 5.82 Å². The molecule has 1 amide bonds. The zero-order chi connectivity index (χ0) is 22.6. The summed E-state index contributed by atoms with van der Waals surface area (Å²) in [6.07, 6.45) is 7.64. The van der Waals surface area contributed by atoms with Crippen molar-refractivity contribution in [3.63, 3.8) is 0 Å². The molecular weight excluding hydrogens is 430 g/mol. The molecule has 1 fully saturated rings. The third-order valence-corrected chi connectivity index (χ3v) is 6.86. The summed E-state index contributed by atoms with van der Waals surface area (Å²) >= 11 is 1.53. The fraction of sp³-hybridized carbons (Fsp3) is 0.269. The summed E-state index contributed by atoms with van der Waals surface area (Å²) in [6, 6.07) is 12.2. The van der Waals surface area contributed by atoms with Crippen LogP contribution < -0.4 is 0 Å². The maximum absolute atomic E-state index is 12.7. The Labute approximate surface area is 197 Å². The molecule has 7 heteroatoms. The Morgan fingerprint density at radius 1 is 1.06 bits per heavy atom. The number of hydrogen-bond donors (Lipinski definition) is 0. The predicted molar refractivity (Wildman–Crippen MR) is 130 cm³/mol. The lowest BCUT2D eigenvalue weighted by atomic mass is 9.87. The second-order valence-corrected chi connectivity index (χ2v) is 9.08. The van der Waals surface area contributed by atoms with Gasteiger partial charge in [0.1, 0.15) is 0 Å². The number of rotatable bonds is 5. The molecule has 1 saturated heterocycles. The van der Waals surface area contributed by atoms with Gasteiger partial charge in [-0.3, -0.25) is 9.78 Å². The van der Waals surface area contributed by atoms with Crippen molar-refractivity contribution in [2.24, 2.45) is 0 Å². The summed E-state index contributed by atoms with van der Waals surface area (Å²) in [6.45, 7) is 3.58. The number of pyridine rings is 1. The fourth-order valence-corrected chi connectivity index (χ4v) is 4.98. The van der Waals surface area contributed by atoms with Gasteiger partial charge in [0.25, 0.3) is 0 Å². The van der Waals surface area contributed by atoms with Crippen molar-refractivity contribution in [1.82, 2.24) is 24.8 Å². The van der Waals surface area contributed by atoms with E-state index in [1.807, 2.05) is 28.6 Å². The molecule has 1 aromatic carbocycles. The van der Waals surface area contributed by atoms with E-state index in [1.54, 1.807) is 17.9 Å². The van der Waals surface area contributed by atoms with Crippen LogP contribution in [0, 0.1) is 6.92 Å². The molecule has 166 valence electrons. The molecule has 1 aliphatic heterocycles. The maximum Gasteiger partial charge on any atom is 0.228 e. The molecule has 0 saturated carbocycles. The number of piperidine rings is 1. The third-order valence-electron chi connectivity index (χ3n) is 6.22. The van der Waals surface area contributed by atoms with Crippen molar-refractivity contribution in [2.45, 2.75) is 32.1 Å². The minimum atomic E-state index is 0.150. The van der Waals surface area contributed by atoms with Crippen molar-refractivity contribution in [2.75, 3.05) is 13.1 Å². The first-order valence-corrected chi connectivity index (χ1v) is 12.1. The third kappa shape index (κ3) is 4.68. The number of amides is 1. The van der Waals surface area contributed by atoms with Crippen molar-refractivity contribution < 1.29 is 4.79 Å². The van der Waals surface area contributed by atoms with Crippen molar-refractivity contribution in [1.29, 1.82) is 0 Å². The Hall–Kier alpha value is -3.45. The van der Waals surface area contributed by atoms with Crippen LogP contribution in [-0.4, -0.2) is 43.8 Å². The van der Waals surface area contributed by atoms with Gasteiger partial charge in [-0.1, -0.05) is 24.3 Å². The molecule has 1 aliphatic rings. The van der Waals surface area contributed by atoms with Gasteiger partial charge in [-0.05, 0) is 43.0 Å². The van der Waals surface area contributed by atoms with E-state index in [0.29, 0.717) is 12.2 Å². The molecule has 3 aromatic heterocycles. The van der Waals surface area contributed by atoms with Gasteiger partial charge in [-0.15, -0.1) is 11.3 Å². The Bertz CT molecular complexity index is 1230. The zero-order valence-corrected chi connectivity index (χ0v) is 19.3. The predicted octanol–water partition coefficient (Wildman–Crippen LogP) is 4.92. The molecule has 5 rings (SSSR count). The number of aromatic nitrogens is 4. The molecular formula is C26H25N5OS. The molecule has 4 aromatic rings. The van der Waals surface area contributed by atoms with Crippen LogP contribution in [-0.2, 0) is 11.2 Å². The average Bonchev–Trinajstić information content (AvgIpc) is 3.38. The molecule has 0 radical (unpaired) electrons. The highest BCUT2D eigenvalue weighted by Crippen LogP contribution is 2.36. The quantitative estimate of drug-likeness (QED) is 0.427. The number of carbonyl (C=O) groups excluding carboxylic acids is 1. The molecule has 0 spiro atoms. The summed E-state index contributed by atoms with van der Waals surface area (Å²) < 4.78 is 0. The van der Waals surface area contributed by atoms with Crippen LogP contribution in [0.3, 0.4) is 0 Å². The minimum Gasteiger partial charge on any atom is -0.342 e. The first kappa shape index (κ1) is 21.4. The van der Waals surface area contributed by atoms with E-state index in [4.69, 9.17) is 4.98 Å². The molecule has 4 heterocycles. The minimum absolute atomic E-state index is 0.150. The molecule has 6 nitrogen and oxygen atoms in total. The second-order valence-electron chi connectivity index (χ2n) is 8.36. The number of carbonyl (C=O) groups is 1. The second kappa shape index (κ2) is 9.58. The van der Waals surface area contributed by atoms with Crippen molar-refractivity contribution >= 4 is 17.2 Å². The zero-order valence-electron chi connectivity index (χ0n) is 18.5. The highest BCUT2D eigenvalue weighted by atomic mass is 32.1. The number of likely N-dealkylation sites (tertiary alicyclic amines) is 1. The summed E-state index contributed by atoms with van der Waals surface area (Å²) in [5.41, 5.74) is 8.03. The Balaban J connectivity index is 1.42. The van der Waals surface area contributed by atoms with Gasteiger partial charge < -0.3 is 4.90 Å². The first-order chi connectivity index (χ1) is 16.2. The highest BCUT2D eigenvalue weighted by Gasteiger charge is 2.28. The Kier molecular flexibility index (Phi) is 6.21. The van der Waals surface area contributed by atoms with Gasteiger partial charge in [0.05, 0.1) is 23.3 Å².